The summed E-state index contributed by atoms with van der Waals surface area (Å²) >= 11 is 0. The van der Waals surface area contributed by atoms with Gasteiger partial charge in [0.1, 0.15) is 25.7 Å². The van der Waals surface area contributed by atoms with Gasteiger partial charge in [0.25, 0.3) is 5.91 Å². The molecular formula is C23H30N3O4+. The van der Waals surface area contributed by atoms with Gasteiger partial charge >= 0.3 is 6.09 Å². The van der Waals surface area contributed by atoms with Gasteiger partial charge in [0.05, 0.1) is 19.8 Å². The summed E-state index contributed by atoms with van der Waals surface area (Å²) in [5.74, 6) is -0.180. The number of nitrogens with one attached hydrogen (secondary N) is 3. The summed E-state index contributed by atoms with van der Waals surface area (Å²) < 4.78 is 10.4. The van der Waals surface area contributed by atoms with Gasteiger partial charge in [0, 0.05) is 11.3 Å². The molecule has 7 heteroatoms. The summed E-state index contributed by atoms with van der Waals surface area (Å²) in [5, 5.41) is 5.81. The monoisotopic (exact) mass is 412 g/mol. The number of hydrogen-bond donors (Lipinski definition) is 3. The molecule has 3 N–H and O–H groups in total. The fraction of sp³-hybridized carbons (Fsp3) is 0.391. The Bertz CT molecular complexity index is 848. The first-order valence-electron chi connectivity index (χ1n) is 10.4. The third-order valence-corrected chi connectivity index (χ3v) is 5.12. The van der Waals surface area contributed by atoms with Crippen LogP contribution in [-0.2, 0) is 9.47 Å². The zero-order valence-corrected chi connectivity index (χ0v) is 17.6. The highest BCUT2D eigenvalue weighted by Crippen LogP contribution is 2.16. The predicted octanol–water partition coefficient (Wildman–Crippen LogP) is 1.95. The molecule has 0 radical (unpaired) electrons. The van der Waals surface area contributed by atoms with Crippen LogP contribution in [-0.4, -0.2) is 51.5 Å². The average molecular weight is 413 g/mol. The quantitative estimate of drug-likeness (QED) is 0.649. The molecule has 160 valence electrons. The van der Waals surface area contributed by atoms with E-state index in [2.05, 4.69) is 34.9 Å². The van der Waals surface area contributed by atoms with Crippen molar-refractivity contribution in [1.29, 1.82) is 0 Å². The van der Waals surface area contributed by atoms with Crippen molar-refractivity contribution in [3.63, 3.8) is 0 Å². The van der Waals surface area contributed by atoms with Gasteiger partial charge < -0.3 is 19.7 Å². The van der Waals surface area contributed by atoms with E-state index in [1.807, 2.05) is 6.92 Å². The van der Waals surface area contributed by atoms with Crippen LogP contribution in [0.3, 0.4) is 0 Å². The SMILES string of the molecule is CCOC(=O)Nc1cccc(C(=O)N[C@@H](C[NH+]2CCOCC2)c2ccc(C)cc2)c1. The first-order chi connectivity index (χ1) is 14.5. The Hall–Kier alpha value is -2.90. The van der Waals surface area contributed by atoms with E-state index >= 15 is 0 Å². The molecule has 0 aliphatic carbocycles. The molecule has 2 aromatic rings. The highest BCUT2D eigenvalue weighted by Gasteiger charge is 2.23. The maximum atomic E-state index is 13.0. The molecule has 2 aromatic carbocycles. The molecule has 0 spiro atoms. The third-order valence-electron chi connectivity index (χ3n) is 5.12. The number of carbonyl (C=O) groups is 2. The van der Waals surface area contributed by atoms with Crippen LogP contribution in [0.4, 0.5) is 10.5 Å². The molecule has 7 nitrogen and oxygen atoms in total. The van der Waals surface area contributed by atoms with E-state index in [1.165, 1.54) is 10.5 Å². The second-order valence-corrected chi connectivity index (χ2v) is 7.43. The van der Waals surface area contributed by atoms with E-state index in [0.717, 1.165) is 38.4 Å². The first kappa shape index (κ1) is 21.8. The van der Waals surface area contributed by atoms with Crippen molar-refractivity contribution in [1.82, 2.24) is 5.32 Å². The number of carbonyl (C=O) groups excluding carboxylic acids is 2. The van der Waals surface area contributed by atoms with Gasteiger partial charge in [-0.1, -0.05) is 35.9 Å². The maximum Gasteiger partial charge on any atom is 0.411 e. The minimum absolute atomic E-state index is 0.118. The van der Waals surface area contributed by atoms with Crippen molar-refractivity contribution in [2.24, 2.45) is 0 Å². The summed E-state index contributed by atoms with van der Waals surface area (Å²) in [4.78, 5) is 26.1. The highest BCUT2D eigenvalue weighted by atomic mass is 16.5. The van der Waals surface area contributed by atoms with Crippen LogP contribution in [0.25, 0.3) is 0 Å². The van der Waals surface area contributed by atoms with Crippen molar-refractivity contribution in [3.05, 3.63) is 65.2 Å². The third kappa shape index (κ3) is 6.30. The molecule has 3 rings (SSSR count). The van der Waals surface area contributed by atoms with Crippen LogP contribution in [0.1, 0.15) is 34.5 Å². The van der Waals surface area contributed by atoms with Gasteiger partial charge in [-0.3, -0.25) is 10.1 Å². The zero-order chi connectivity index (χ0) is 21.3. The fourth-order valence-corrected chi connectivity index (χ4v) is 3.47. The minimum atomic E-state index is -0.538. The van der Waals surface area contributed by atoms with Crippen molar-refractivity contribution >= 4 is 17.7 Å². The smallest absolute Gasteiger partial charge is 0.411 e. The van der Waals surface area contributed by atoms with Crippen molar-refractivity contribution < 1.29 is 24.0 Å². The van der Waals surface area contributed by atoms with Crippen LogP contribution in [0.5, 0.6) is 0 Å². The number of hydrogen-bond acceptors (Lipinski definition) is 4. The molecule has 0 unspecified atom stereocenters. The van der Waals surface area contributed by atoms with Gasteiger partial charge in [-0.05, 0) is 37.6 Å². The predicted molar refractivity (Wildman–Crippen MR) is 115 cm³/mol. The number of quaternary nitrogens is 1. The number of benzene rings is 2. The molecule has 0 saturated carbocycles. The molecule has 1 aliphatic rings. The van der Waals surface area contributed by atoms with E-state index in [9.17, 15) is 9.59 Å². The van der Waals surface area contributed by atoms with Crippen LogP contribution in [0, 0.1) is 6.92 Å². The Balaban J connectivity index is 1.73. The second kappa shape index (κ2) is 10.8. The molecule has 0 aromatic heterocycles. The number of morpholine rings is 1. The molecule has 1 saturated heterocycles. The lowest BCUT2D eigenvalue weighted by molar-refractivity contribution is -0.909. The number of anilines is 1. The molecule has 1 heterocycles. The number of aryl methyl sites for hydroxylation is 1. The summed E-state index contributed by atoms with van der Waals surface area (Å²) in [6.45, 7) is 8.20. The lowest BCUT2D eigenvalue weighted by atomic mass is 10.0. The summed E-state index contributed by atoms with van der Waals surface area (Å²) in [5.41, 5.74) is 3.26. The van der Waals surface area contributed by atoms with Gasteiger partial charge in [-0.2, -0.15) is 0 Å². The number of rotatable bonds is 7. The number of amides is 2. The fourth-order valence-electron chi connectivity index (χ4n) is 3.47. The summed E-state index contributed by atoms with van der Waals surface area (Å²) in [7, 11) is 0. The summed E-state index contributed by atoms with van der Waals surface area (Å²) in [6, 6.07) is 15.0. The normalized spacial score (nSPS) is 15.3. The van der Waals surface area contributed by atoms with Crippen LogP contribution in [0.2, 0.25) is 0 Å². The zero-order valence-electron chi connectivity index (χ0n) is 17.6. The molecule has 0 bridgehead atoms. The minimum Gasteiger partial charge on any atom is -0.450 e. The number of ether oxygens (including phenoxy) is 2. The van der Waals surface area contributed by atoms with Crippen LogP contribution < -0.4 is 15.5 Å². The van der Waals surface area contributed by atoms with Gasteiger partial charge in [-0.15, -0.1) is 0 Å². The molecule has 1 fully saturated rings. The van der Waals surface area contributed by atoms with E-state index in [0.29, 0.717) is 11.3 Å². The topological polar surface area (TPSA) is 81.1 Å². The standard InChI is InChI=1S/C23H29N3O4/c1-3-30-23(28)24-20-6-4-5-19(15-20)22(27)25-21(16-26-11-13-29-14-12-26)18-9-7-17(2)8-10-18/h4-10,15,21H,3,11-14,16H2,1-2H3,(H,24,28)(H,25,27)/p+1/t21-/m0/s1. The lowest BCUT2D eigenvalue weighted by Gasteiger charge is -2.28. The van der Waals surface area contributed by atoms with Gasteiger partial charge in [-0.25, -0.2) is 4.79 Å². The van der Waals surface area contributed by atoms with Crippen LogP contribution in [0.15, 0.2) is 48.5 Å². The van der Waals surface area contributed by atoms with E-state index < -0.39 is 6.09 Å². The van der Waals surface area contributed by atoms with Crippen molar-refractivity contribution in [2.75, 3.05) is 44.8 Å². The highest BCUT2D eigenvalue weighted by molar-refractivity contribution is 5.96. The summed E-state index contributed by atoms with van der Waals surface area (Å²) in [6.07, 6.45) is -0.538. The Morgan fingerprint density at radius 3 is 2.57 bits per heavy atom. The first-order valence-corrected chi connectivity index (χ1v) is 10.4. The molecule has 2 amide bonds. The second-order valence-electron chi connectivity index (χ2n) is 7.43. The Kier molecular flexibility index (Phi) is 7.82. The average Bonchev–Trinajstić information content (AvgIpc) is 2.75. The molecule has 30 heavy (non-hydrogen) atoms. The van der Waals surface area contributed by atoms with Crippen molar-refractivity contribution in [2.45, 2.75) is 19.9 Å². The van der Waals surface area contributed by atoms with Gasteiger partial charge in [0.2, 0.25) is 0 Å². The Morgan fingerprint density at radius 1 is 1.13 bits per heavy atom. The van der Waals surface area contributed by atoms with E-state index in [-0.39, 0.29) is 18.6 Å². The van der Waals surface area contributed by atoms with E-state index in [4.69, 9.17) is 9.47 Å². The maximum absolute atomic E-state index is 13.0. The molecule has 1 atom stereocenters. The largest absolute Gasteiger partial charge is 0.450 e. The Morgan fingerprint density at radius 2 is 1.87 bits per heavy atom. The molecular weight excluding hydrogens is 382 g/mol. The van der Waals surface area contributed by atoms with E-state index in [1.54, 1.807) is 31.2 Å². The van der Waals surface area contributed by atoms with Crippen molar-refractivity contribution in [3.8, 4) is 0 Å². The van der Waals surface area contributed by atoms with Gasteiger partial charge in [0.15, 0.2) is 0 Å². The lowest BCUT2D eigenvalue weighted by Crippen LogP contribution is -3.14. The van der Waals surface area contributed by atoms with Crippen LogP contribution >= 0.6 is 0 Å². The molecule has 1 aliphatic heterocycles. The Labute approximate surface area is 177 Å².